The molecule has 0 radical (unpaired) electrons. The molecular formula is C15H28N4O2. The fraction of sp³-hybridized carbons (Fsp3) is 0.733. The van der Waals surface area contributed by atoms with Gasteiger partial charge in [0, 0.05) is 31.4 Å². The van der Waals surface area contributed by atoms with E-state index in [2.05, 4.69) is 15.3 Å². The number of H-pyrrole nitrogens is 1. The summed E-state index contributed by atoms with van der Waals surface area (Å²) in [6, 6.07) is 0.105. The van der Waals surface area contributed by atoms with Crippen LogP contribution in [0.15, 0.2) is 6.33 Å². The lowest BCUT2D eigenvalue weighted by molar-refractivity contribution is 0.0193. The molecule has 1 amide bonds. The molecule has 0 atom stereocenters. The molecule has 21 heavy (non-hydrogen) atoms. The van der Waals surface area contributed by atoms with Crippen LogP contribution in [0, 0.1) is 6.92 Å². The Balaban J connectivity index is 2.41. The third-order valence-corrected chi connectivity index (χ3v) is 3.01. The largest absolute Gasteiger partial charge is 0.444 e. The van der Waals surface area contributed by atoms with Crippen molar-refractivity contribution in [2.75, 3.05) is 13.1 Å². The van der Waals surface area contributed by atoms with Crippen molar-refractivity contribution in [1.82, 2.24) is 20.2 Å². The van der Waals surface area contributed by atoms with Crippen LogP contribution in [0.25, 0.3) is 0 Å². The maximum Gasteiger partial charge on any atom is 0.410 e. The molecule has 0 bridgehead atoms. The van der Waals surface area contributed by atoms with Gasteiger partial charge in [-0.3, -0.25) is 0 Å². The van der Waals surface area contributed by atoms with Gasteiger partial charge < -0.3 is 19.9 Å². The number of nitrogens with zero attached hydrogens (tertiary/aromatic N) is 2. The first-order chi connectivity index (χ1) is 9.70. The highest BCUT2D eigenvalue weighted by Gasteiger charge is 2.23. The van der Waals surface area contributed by atoms with E-state index in [4.69, 9.17) is 4.74 Å². The fourth-order valence-corrected chi connectivity index (χ4v) is 1.85. The van der Waals surface area contributed by atoms with E-state index >= 15 is 0 Å². The van der Waals surface area contributed by atoms with Crippen molar-refractivity contribution >= 4 is 6.09 Å². The standard InChI is InChI=1S/C15H28N4O2/c1-11(2)19(14(20)21-15(4,5)6)8-7-16-9-13-12(3)17-10-18-13/h10-11,16H,7-9H2,1-6H3,(H,17,18). The van der Waals surface area contributed by atoms with Crippen molar-refractivity contribution in [2.24, 2.45) is 0 Å². The summed E-state index contributed by atoms with van der Waals surface area (Å²) in [5.74, 6) is 0. The Labute approximate surface area is 127 Å². The summed E-state index contributed by atoms with van der Waals surface area (Å²) in [6.07, 6.45) is 1.42. The molecule has 0 spiro atoms. The molecule has 0 saturated carbocycles. The Hall–Kier alpha value is -1.56. The number of aryl methyl sites for hydroxylation is 1. The normalized spacial score (nSPS) is 11.8. The molecule has 0 saturated heterocycles. The minimum Gasteiger partial charge on any atom is -0.444 e. The van der Waals surface area contributed by atoms with E-state index in [9.17, 15) is 4.79 Å². The van der Waals surface area contributed by atoms with Crippen LogP contribution in [0.1, 0.15) is 46.0 Å². The van der Waals surface area contributed by atoms with Crippen LogP contribution < -0.4 is 5.32 Å². The van der Waals surface area contributed by atoms with Crippen molar-refractivity contribution in [3.63, 3.8) is 0 Å². The van der Waals surface area contributed by atoms with Crippen molar-refractivity contribution in [1.29, 1.82) is 0 Å². The highest BCUT2D eigenvalue weighted by Crippen LogP contribution is 2.11. The zero-order chi connectivity index (χ0) is 16.0. The average Bonchev–Trinajstić information content (AvgIpc) is 2.71. The third-order valence-electron chi connectivity index (χ3n) is 3.01. The predicted octanol–water partition coefficient (Wildman–Crippen LogP) is 2.45. The van der Waals surface area contributed by atoms with E-state index < -0.39 is 5.60 Å². The van der Waals surface area contributed by atoms with E-state index in [1.54, 1.807) is 11.2 Å². The van der Waals surface area contributed by atoms with Crippen molar-refractivity contribution < 1.29 is 9.53 Å². The van der Waals surface area contributed by atoms with Crippen LogP contribution >= 0.6 is 0 Å². The molecule has 1 aromatic heterocycles. The number of hydrogen-bond donors (Lipinski definition) is 2. The molecule has 1 rings (SSSR count). The van der Waals surface area contributed by atoms with E-state index in [1.165, 1.54) is 0 Å². The number of ether oxygens (including phenoxy) is 1. The number of nitrogens with one attached hydrogen (secondary N) is 2. The molecule has 0 aliphatic carbocycles. The lowest BCUT2D eigenvalue weighted by Gasteiger charge is -2.30. The van der Waals surface area contributed by atoms with Gasteiger partial charge in [-0.25, -0.2) is 9.78 Å². The van der Waals surface area contributed by atoms with Gasteiger partial charge in [0.2, 0.25) is 0 Å². The minimum absolute atomic E-state index is 0.105. The third kappa shape index (κ3) is 6.16. The van der Waals surface area contributed by atoms with Gasteiger partial charge in [-0.05, 0) is 41.5 Å². The minimum atomic E-state index is -0.468. The molecule has 1 heterocycles. The molecule has 120 valence electrons. The Morgan fingerprint density at radius 2 is 2.14 bits per heavy atom. The van der Waals surface area contributed by atoms with Gasteiger partial charge in [0.15, 0.2) is 0 Å². The first-order valence-corrected chi connectivity index (χ1v) is 7.40. The molecule has 0 unspecified atom stereocenters. The molecular weight excluding hydrogens is 268 g/mol. The second-order valence-corrected chi connectivity index (χ2v) is 6.42. The van der Waals surface area contributed by atoms with Crippen molar-refractivity contribution in [3.05, 3.63) is 17.7 Å². The second kappa shape index (κ2) is 7.45. The monoisotopic (exact) mass is 296 g/mol. The Morgan fingerprint density at radius 1 is 1.48 bits per heavy atom. The molecule has 0 aliphatic heterocycles. The van der Waals surface area contributed by atoms with Crippen LogP contribution in [0.4, 0.5) is 4.79 Å². The smallest absolute Gasteiger partial charge is 0.410 e. The summed E-state index contributed by atoms with van der Waals surface area (Å²) in [5.41, 5.74) is 1.60. The molecule has 0 fully saturated rings. The first kappa shape index (κ1) is 17.5. The SMILES string of the molecule is Cc1[nH]cnc1CNCCN(C(=O)OC(C)(C)C)C(C)C. The summed E-state index contributed by atoms with van der Waals surface area (Å²) < 4.78 is 5.43. The van der Waals surface area contributed by atoms with Gasteiger partial charge in [0.05, 0.1) is 12.0 Å². The topological polar surface area (TPSA) is 70.2 Å². The van der Waals surface area contributed by atoms with Gasteiger partial charge >= 0.3 is 6.09 Å². The van der Waals surface area contributed by atoms with Crippen molar-refractivity contribution in [2.45, 2.75) is 59.7 Å². The van der Waals surface area contributed by atoms with Crippen LogP contribution in [0.2, 0.25) is 0 Å². The lowest BCUT2D eigenvalue weighted by atomic mass is 10.2. The second-order valence-electron chi connectivity index (χ2n) is 6.42. The molecule has 0 aliphatic rings. The Bertz CT molecular complexity index is 449. The summed E-state index contributed by atoms with van der Waals surface area (Å²) in [5, 5.41) is 3.30. The van der Waals surface area contributed by atoms with Crippen molar-refractivity contribution in [3.8, 4) is 0 Å². The molecule has 0 aromatic carbocycles. The van der Waals surface area contributed by atoms with Gasteiger partial charge in [-0.1, -0.05) is 0 Å². The van der Waals surface area contributed by atoms with Crippen LogP contribution in [-0.2, 0) is 11.3 Å². The maximum absolute atomic E-state index is 12.1. The number of aromatic nitrogens is 2. The highest BCUT2D eigenvalue weighted by molar-refractivity contribution is 5.68. The number of aromatic amines is 1. The molecule has 1 aromatic rings. The Morgan fingerprint density at radius 3 is 2.62 bits per heavy atom. The fourth-order valence-electron chi connectivity index (χ4n) is 1.85. The summed E-state index contributed by atoms with van der Waals surface area (Å²) in [7, 11) is 0. The van der Waals surface area contributed by atoms with Gasteiger partial charge in [-0.2, -0.15) is 0 Å². The van der Waals surface area contributed by atoms with Crippen LogP contribution in [0.3, 0.4) is 0 Å². The number of carbonyl (C=O) groups is 1. The first-order valence-electron chi connectivity index (χ1n) is 7.40. The van der Waals surface area contributed by atoms with Gasteiger partial charge in [0.1, 0.15) is 5.60 Å². The summed E-state index contributed by atoms with van der Waals surface area (Å²) >= 11 is 0. The molecule has 2 N–H and O–H groups in total. The maximum atomic E-state index is 12.1. The quantitative estimate of drug-likeness (QED) is 0.791. The zero-order valence-corrected chi connectivity index (χ0v) is 14.0. The van der Waals surface area contributed by atoms with Gasteiger partial charge in [-0.15, -0.1) is 0 Å². The van der Waals surface area contributed by atoms with Crippen LogP contribution in [-0.4, -0.2) is 45.7 Å². The lowest BCUT2D eigenvalue weighted by Crippen LogP contribution is -2.44. The van der Waals surface area contributed by atoms with E-state index in [0.29, 0.717) is 19.6 Å². The Kier molecular flexibility index (Phi) is 6.20. The average molecular weight is 296 g/mol. The van der Waals surface area contributed by atoms with E-state index in [1.807, 2.05) is 41.5 Å². The van der Waals surface area contributed by atoms with E-state index in [0.717, 1.165) is 11.4 Å². The number of imidazole rings is 1. The zero-order valence-electron chi connectivity index (χ0n) is 14.0. The summed E-state index contributed by atoms with van der Waals surface area (Å²) in [6.45, 7) is 13.6. The van der Waals surface area contributed by atoms with E-state index in [-0.39, 0.29) is 12.1 Å². The number of carbonyl (C=O) groups excluding carboxylic acids is 1. The summed E-state index contributed by atoms with van der Waals surface area (Å²) in [4.78, 5) is 21.1. The number of rotatable bonds is 6. The molecule has 6 nitrogen and oxygen atoms in total. The predicted molar refractivity (Wildman–Crippen MR) is 83.1 cm³/mol. The molecule has 6 heteroatoms. The van der Waals surface area contributed by atoms with Crippen LogP contribution in [0.5, 0.6) is 0 Å². The number of hydrogen-bond acceptors (Lipinski definition) is 4. The number of amides is 1. The van der Waals surface area contributed by atoms with Gasteiger partial charge in [0.25, 0.3) is 0 Å². The highest BCUT2D eigenvalue weighted by atomic mass is 16.6.